The van der Waals surface area contributed by atoms with Gasteiger partial charge in [-0.05, 0) is 47.2 Å². The standard InChI is InChI=1S/C28H21N3OS/c1-32-22-18-16-21(17-19-22)27-26(20-10-4-2-5-11-20)28(33-23-12-6-3-7-13-23)31-29-24-14-8-9-15-25(24)30(27)31/h2-19H,1H3. The summed E-state index contributed by atoms with van der Waals surface area (Å²) < 4.78 is 9.69. The number of ether oxygens (including phenoxy) is 1. The van der Waals surface area contributed by atoms with Gasteiger partial charge in [-0.1, -0.05) is 84.9 Å². The van der Waals surface area contributed by atoms with Gasteiger partial charge in [0.15, 0.2) is 0 Å². The Labute approximate surface area is 196 Å². The van der Waals surface area contributed by atoms with E-state index in [-0.39, 0.29) is 0 Å². The smallest absolute Gasteiger partial charge is 0.273 e. The molecule has 0 aliphatic carbocycles. The number of aromatic nitrogens is 3. The molecule has 0 unspecified atom stereocenters. The van der Waals surface area contributed by atoms with E-state index in [0.717, 1.165) is 44.2 Å². The molecular weight excluding hydrogens is 426 g/mol. The lowest BCUT2D eigenvalue weighted by atomic mass is 10.0. The Balaban J connectivity index is 1.73. The first kappa shape index (κ1) is 19.7. The fourth-order valence-corrected chi connectivity index (χ4v) is 5.24. The van der Waals surface area contributed by atoms with Gasteiger partial charge in [0.25, 0.3) is 5.03 Å². The summed E-state index contributed by atoms with van der Waals surface area (Å²) >= 11 is 1.73. The molecule has 2 aromatic heterocycles. The van der Waals surface area contributed by atoms with Crippen LogP contribution in [-0.2, 0) is 0 Å². The number of rotatable bonds is 5. The van der Waals surface area contributed by atoms with Crippen molar-refractivity contribution in [3.63, 3.8) is 0 Å². The minimum atomic E-state index is 0.838. The van der Waals surface area contributed by atoms with E-state index in [1.54, 1.807) is 18.9 Å². The van der Waals surface area contributed by atoms with Crippen molar-refractivity contribution in [3.05, 3.63) is 109 Å². The Morgan fingerprint density at radius 1 is 0.727 bits per heavy atom. The average molecular weight is 448 g/mol. The quantitative estimate of drug-likeness (QED) is 0.298. The Kier molecular flexibility index (Phi) is 4.89. The van der Waals surface area contributed by atoms with Gasteiger partial charge in [0.1, 0.15) is 5.75 Å². The molecule has 6 rings (SSSR count). The molecule has 0 saturated carbocycles. The Morgan fingerprint density at radius 3 is 2.12 bits per heavy atom. The molecule has 0 aliphatic heterocycles. The molecule has 0 aliphatic rings. The number of methoxy groups -OCH3 is 1. The van der Waals surface area contributed by atoms with E-state index in [4.69, 9.17) is 9.84 Å². The lowest BCUT2D eigenvalue weighted by molar-refractivity contribution is -0.708. The van der Waals surface area contributed by atoms with Crippen molar-refractivity contribution in [2.24, 2.45) is 0 Å². The minimum absolute atomic E-state index is 0.838. The van der Waals surface area contributed by atoms with Crippen LogP contribution in [0.5, 0.6) is 5.75 Å². The Morgan fingerprint density at radius 2 is 1.39 bits per heavy atom. The molecule has 2 heterocycles. The molecule has 5 heteroatoms. The first-order chi connectivity index (χ1) is 16.3. The molecule has 4 nitrogen and oxygen atoms in total. The van der Waals surface area contributed by atoms with E-state index >= 15 is 0 Å². The fourth-order valence-electron chi connectivity index (χ4n) is 4.21. The van der Waals surface area contributed by atoms with Crippen LogP contribution in [0.25, 0.3) is 33.4 Å². The second-order valence-electron chi connectivity index (χ2n) is 7.73. The molecule has 0 spiro atoms. The summed E-state index contributed by atoms with van der Waals surface area (Å²) in [6.07, 6.45) is 0. The second kappa shape index (κ2) is 8.19. The summed E-state index contributed by atoms with van der Waals surface area (Å²) in [5, 5.41) is 6.09. The van der Waals surface area contributed by atoms with Crippen molar-refractivity contribution in [1.29, 1.82) is 0 Å². The summed E-state index contributed by atoms with van der Waals surface area (Å²) in [5.41, 5.74) is 6.56. The van der Waals surface area contributed by atoms with E-state index < -0.39 is 0 Å². The molecule has 0 radical (unpaired) electrons. The third-order valence-electron chi connectivity index (χ3n) is 5.73. The highest BCUT2D eigenvalue weighted by molar-refractivity contribution is 7.99. The Hall–Kier alpha value is -3.96. The summed E-state index contributed by atoms with van der Waals surface area (Å²) in [6.45, 7) is 0. The first-order valence-corrected chi connectivity index (χ1v) is 11.6. The van der Waals surface area contributed by atoms with Crippen molar-refractivity contribution in [1.82, 2.24) is 9.61 Å². The number of benzene rings is 4. The fraction of sp³-hybridized carbons (Fsp3) is 0.0357. The van der Waals surface area contributed by atoms with Crippen LogP contribution in [0.4, 0.5) is 0 Å². The maximum atomic E-state index is 5.42. The highest BCUT2D eigenvalue weighted by Gasteiger charge is 2.27. The molecule has 0 bridgehead atoms. The maximum Gasteiger partial charge on any atom is 0.273 e. The van der Waals surface area contributed by atoms with Crippen LogP contribution in [0.1, 0.15) is 0 Å². The van der Waals surface area contributed by atoms with E-state index in [9.17, 15) is 0 Å². The normalized spacial score (nSPS) is 11.3. The molecule has 4 aromatic carbocycles. The lowest BCUT2D eigenvalue weighted by Crippen LogP contribution is -2.32. The van der Waals surface area contributed by atoms with E-state index in [2.05, 4.69) is 89.4 Å². The van der Waals surface area contributed by atoms with E-state index in [0.29, 0.717) is 0 Å². The molecule has 6 aromatic rings. The van der Waals surface area contributed by atoms with Gasteiger partial charge < -0.3 is 4.74 Å². The van der Waals surface area contributed by atoms with E-state index in [1.807, 2.05) is 28.9 Å². The Bertz CT molecular complexity index is 1550. The number of fused-ring (bicyclic) bond motifs is 3. The van der Waals surface area contributed by atoms with Crippen molar-refractivity contribution >= 4 is 22.8 Å². The van der Waals surface area contributed by atoms with Crippen molar-refractivity contribution in [2.45, 2.75) is 9.92 Å². The topological polar surface area (TPSA) is 31.8 Å². The molecule has 0 N–H and O–H groups in total. The minimum Gasteiger partial charge on any atom is -0.497 e. The molecule has 0 saturated heterocycles. The van der Waals surface area contributed by atoms with Gasteiger partial charge in [0.2, 0.25) is 0 Å². The van der Waals surface area contributed by atoms with Gasteiger partial charge in [0, 0.05) is 21.6 Å². The average Bonchev–Trinajstić information content (AvgIpc) is 3.40. The summed E-state index contributed by atoms with van der Waals surface area (Å²) in [7, 11) is 1.69. The molecule has 0 amide bonds. The number of hydrogen-bond acceptors (Lipinski definition) is 2. The van der Waals surface area contributed by atoms with Gasteiger partial charge in [-0.2, -0.15) is 5.10 Å². The summed E-state index contributed by atoms with van der Waals surface area (Å²) in [6, 6.07) is 37.6. The van der Waals surface area contributed by atoms with Crippen LogP contribution in [-0.4, -0.2) is 11.6 Å². The van der Waals surface area contributed by atoms with Gasteiger partial charge >= 0.3 is 0 Å². The monoisotopic (exact) mass is 447 g/mol. The van der Waals surface area contributed by atoms with Crippen molar-refractivity contribution < 1.29 is 9.37 Å². The molecule has 0 atom stereocenters. The third kappa shape index (κ3) is 3.38. The van der Waals surface area contributed by atoms with Crippen LogP contribution in [0.2, 0.25) is 0 Å². The zero-order valence-electron chi connectivity index (χ0n) is 18.1. The zero-order chi connectivity index (χ0) is 22.2. The van der Waals surface area contributed by atoms with Gasteiger partial charge in [0.05, 0.1) is 12.7 Å². The zero-order valence-corrected chi connectivity index (χ0v) is 18.9. The van der Waals surface area contributed by atoms with Crippen LogP contribution >= 0.6 is 11.8 Å². The van der Waals surface area contributed by atoms with E-state index in [1.165, 1.54) is 4.90 Å². The van der Waals surface area contributed by atoms with Crippen LogP contribution < -0.4 is 14.5 Å². The number of para-hydroxylation sites is 1. The predicted molar refractivity (Wildman–Crippen MR) is 132 cm³/mol. The van der Waals surface area contributed by atoms with Gasteiger partial charge in [-0.3, -0.25) is 0 Å². The van der Waals surface area contributed by atoms with Crippen LogP contribution in [0.3, 0.4) is 0 Å². The van der Waals surface area contributed by atoms with Crippen LogP contribution in [0.15, 0.2) is 119 Å². The molecule has 33 heavy (non-hydrogen) atoms. The number of hydrogen-bond donors (Lipinski definition) is 0. The lowest BCUT2D eigenvalue weighted by Gasteiger charge is -2.09. The SMILES string of the molecule is COc1ccc(-c2c(-c3ccccc3)c(Sc3ccccc3)[n+]3[n-]c4ccccc4n23)cc1. The molecule has 0 fully saturated rings. The van der Waals surface area contributed by atoms with Crippen LogP contribution in [0, 0.1) is 0 Å². The molecular formula is C28H21N3OS. The highest BCUT2D eigenvalue weighted by atomic mass is 32.2. The number of nitrogens with zero attached hydrogens (tertiary/aromatic N) is 3. The van der Waals surface area contributed by atoms with Crippen molar-refractivity contribution in [3.8, 4) is 28.1 Å². The largest absolute Gasteiger partial charge is 0.497 e. The predicted octanol–water partition coefficient (Wildman–Crippen LogP) is 6.13. The van der Waals surface area contributed by atoms with Gasteiger partial charge in [-0.25, -0.2) is 4.52 Å². The summed E-state index contributed by atoms with van der Waals surface area (Å²) in [4.78, 5) is 1.17. The highest BCUT2D eigenvalue weighted by Crippen LogP contribution is 2.41. The first-order valence-electron chi connectivity index (χ1n) is 10.8. The van der Waals surface area contributed by atoms with Gasteiger partial charge in [-0.15, -0.1) is 4.63 Å². The van der Waals surface area contributed by atoms with Crippen molar-refractivity contribution in [2.75, 3.05) is 7.11 Å². The third-order valence-corrected chi connectivity index (χ3v) is 6.80. The molecule has 160 valence electrons. The summed E-state index contributed by atoms with van der Waals surface area (Å²) in [5.74, 6) is 0.838. The second-order valence-corrected chi connectivity index (χ2v) is 8.79. The maximum absolute atomic E-state index is 5.42.